The Morgan fingerprint density at radius 2 is 2.18 bits per heavy atom. The number of ether oxygens (including phenoxy) is 1. The lowest BCUT2D eigenvalue weighted by atomic mass is 9.77. The molecule has 0 heterocycles. The molecule has 0 unspecified atom stereocenters. The minimum Gasteiger partial charge on any atom is -0.423 e. The predicted molar refractivity (Wildman–Crippen MR) is 68.9 cm³/mol. The van der Waals surface area contributed by atoms with Crippen LogP contribution in [0.3, 0.4) is 0 Å². The summed E-state index contributed by atoms with van der Waals surface area (Å²) in [5.41, 5.74) is 0.994. The van der Waals surface area contributed by atoms with Crippen LogP contribution in [0.15, 0.2) is 18.2 Å². The molecule has 0 radical (unpaired) electrons. The summed E-state index contributed by atoms with van der Waals surface area (Å²) in [5.74, 6) is 1.10. The highest BCUT2D eigenvalue weighted by molar-refractivity contribution is 7.98. The Hall–Kier alpha value is -0.555. The summed E-state index contributed by atoms with van der Waals surface area (Å²) < 4.78 is 17.9. The van der Waals surface area contributed by atoms with E-state index in [1.54, 1.807) is 24.9 Å². The monoisotopic (exact) mass is 258 g/mol. The molecule has 0 bridgehead atoms. The molecule has 0 atom stereocenters. The van der Waals surface area contributed by atoms with Crippen molar-refractivity contribution in [2.75, 3.05) is 19.5 Å². The van der Waals surface area contributed by atoms with Gasteiger partial charge < -0.3 is 14.8 Å². The molecule has 94 valence electrons. The number of benzene rings is 1. The summed E-state index contributed by atoms with van der Waals surface area (Å²) in [6.45, 7) is 0.714. The van der Waals surface area contributed by atoms with Gasteiger partial charge in [-0.3, -0.25) is 0 Å². The standard InChI is InChI=1S/C11H16BFO3S/c1-16-5-2-6-17-8-9-3-4-10(13)7-11(9)12(14)15/h3-4,7,14-15H,2,5-6,8H2,1H3. The van der Waals surface area contributed by atoms with Crippen molar-refractivity contribution in [2.24, 2.45) is 0 Å². The van der Waals surface area contributed by atoms with Crippen molar-refractivity contribution in [3.05, 3.63) is 29.6 Å². The summed E-state index contributed by atoms with van der Waals surface area (Å²) in [4.78, 5) is 0. The Labute approximate surface area is 105 Å². The van der Waals surface area contributed by atoms with Crippen LogP contribution in [-0.2, 0) is 10.5 Å². The van der Waals surface area contributed by atoms with Crippen molar-refractivity contribution in [2.45, 2.75) is 12.2 Å². The number of hydrogen-bond acceptors (Lipinski definition) is 4. The van der Waals surface area contributed by atoms with Crippen LogP contribution in [-0.4, -0.2) is 36.6 Å². The molecule has 0 aromatic heterocycles. The molecule has 0 fully saturated rings. The maximum absolute atomic E-state index is 13.0. The Balaban J connectivity index is 2.52. The van der Waals surface area contributed by atoms with Crippen LogP contribution in [0.2, 0.25) is 0 Å². The fourth-order valence-corrected chi connectivity index (χ4v) is 2.37. The van der Waals surface area contributed by atoms with E-state index in [0.717, 1.165) is 23.8 Å². The van der Waals surface area contributed by atoms with E-state index in [1.165, 1.54) is 6.07 Å². The lowest BCUT2D eigenvalue weighted by Gasteiger charge is -2.08. The van der Waals surface area contributed by atoms with E-state index in [4.69, 9.17) is 14.8 Å². The van der Waals surface area contributed by atoms with Crippen molar-refractivity contribution < 1.29 is 19.2 Å². The fraction of sp³-hybridized carbons (Fsp3) is 0.455. The Morgan fingerprint density at radius 1 is 1.41 bits per heavy atom. The maximum Gasteiger partial charge on any atom is 0.488 e. The lowest BCUT2D eigenvalue weighted by Crippen LogP contribution is -2.33. The van der Waals surface area contributed by atoms with Gasteiger partial charge in [0.05, 0.1) is 0 Å². The zero-order chi connectivity index (χ0) is 12.7. The average molecular weight is 258 g/mol. The molecule has 0 amide bonds. The van der Waals surface area contributed by atoms with Gasteiger partial charge in [-0.25, -0.2) is 4.39 Å². The van der Waals surface area contributed by atoms with Crippen molar-refractivity contribution in [3.8, 4) is 0 Å². The van der Waals surface area contributed by atoms with Gasteiger partial charge in [-0.15, -0.1) is 0 Å². The molecule has 17 heavy (non-hydrogen) atoms. The number of rotatable bonds is 7. The molecule has 0 aliphatic carbocycles. The second-order valence-corrected chi connectivity index (χ2v) is 4.72. The molecule has 1 rings (SSSR count). The van der Waals surface area contributed by atoms with Crippen LogP contribution in [0.1, 0.15) is 12.0 Å². The predicted octanol–water partition coefficient (Wildman–Crippen LogP) is 0.775. The first-order valence-corrected chi connectivity index (χ1v) is 6.51. The third-order valence-corrected chi connectivity index (χ3v) is 3.37. The largest absolute Gasteiger partial charge is 0.488 e. The fourth-order valence-electron chi connectivity index (χ4n) is 1.43. The van der Waals surface area contributed by atoms with Crippen molar-refractivity contribution in [1.82, 2.24) is 0 Å². The maximum atomic E-state index is 13.0. The number of halogens is 1. The van der Waals surface area contributed by atoms with Crippen LogP contribution >= 0.6 is 11.8 Å². The molecular weight excluding hydrogens is 242 g/mol. The quantitative estimate of drug-likeness (QED) is 0.560. The minimum absolute atomic E-state index is 0.240. The minimum atomic E-state index is -1.62. The Morgan fingerprint density at radius 3 is 2.82 bits per heavy atom. The van der Waals surface area contributed by atoms with Gasteiger partial charge in [0.25, 0.3) is 0 Å². The van der Waals surface area contributed by atoms with Crippen molar-refractivity contribution in [3.63, 3.8) is 0 Å². The summed E-state index contributed by atoms with van der Waals surface area (Å²) in [6, 6.07) is 4.08. The van der Waals surface area contributed by atoms with Gasteiger partial charge >= 0.3 is 7.12 Å². The second-order valence-electron chi connectivity index (χ2n) is 3.62. The SMILES string of the molecule is COCCCSCc1ccc(F)cc1B(O)O. The Kier molecular flexibility index (Phi) is 6.58. The van der Waals surface area contributed by atoms with E-state index in [9.17, 15) is 4.39 Å². The zero-order valence-corrected chi connectivity index (χ0v) is 10.5. The molecule has 6 heteroatoms. The van der Waals surface area contributed by atoms with E-state index in [2.05, 4.69) is 0 Å². The van der Waals surface area contributed by atoms with E-state index in [1.807, 2.05) is 0 Å². The molecule has 0 saturated carbocycles. The van der Waals surface area contributed by atoms with Crippen LogP contribution < -0.4 is 5.46 Å². The summed E-state index contributed by atoms with van der Waals surface area (Å²) in [5, 5.41) is 18.3. The van der Waals surface area contributed by atoms with Gasteiger partial charge in [-0.05, 0) is 35.3 Å². The molecule has 1 aromatic carbocycles. The molecule has 0 aliphatic rings. The first kappa shape index (κ1) is 14.5. The summed E-state index contributed by atoms with van der Waals surface area (Å²) in [6.07, 6.45) is 0.944. The lowest BCUT2D eigenvalue weighted by molar-refractivity contribution is 0.200. The van der Waals surface area contributed by atoms with Gasteiger partial charge in [0.1, 0.15) is 5.82 Å². The first-order chi connectivity index (χ1) is 8.15. The van der Waals surface area contributed by atoms with E-state index in [0.29, 0.717) is 12.4 Å². The summed E-state index contributed by atoms with van der Waals surface area (Å²) >= 11 is 1.66. The topological polar surface area (TPSA) is 49.7 Å². The summed E-state index contributed by atoms with van der Waals surface area (Å²) in [7, 11) is 0.0329. The molecule has 0 saturated heterocycles. The van der Waals surface area contributed by atoms with Crippen molar-refractivity contribution >= 4 is 24.3 Å². The van der Waals surface area contributed by atoms with E-state index < -0.39 is 12.9 Å². The third-order valence-electron chi connectivity index (χ3n) is 2.28. The molecule has 1 aromatic rings. The van der Waals surface area contributed by atoms with Gasteiger partial charge in [-0.2, -0.15) is 11.8 Å². The van der Waals surface area contributed by atoms with Gasteiger partial charge in [0, 0.05) is 19.5 Å². The number of methoxy groups -OCH3 is 1. The normalized spacial score (nSPS) is 10.6. The average Bonchev–Trinajstić information content (AvgIpc) is 2.30. The van der Waals surface area contributed by atoms with Gasteiger partial charge in [-0.1, -0.05) is 6.07 Å². The van der Waals surface area contributed by atoms with E-state index in [-0.39, 0.29) is 5.46 Å². The van der Waals surface area contributed by atoms with Crippen molar-refractivity contribution in [1.29, 1.82) is 0 Å². The van der Waals surface area contributed by atoms with E-state index >= 15 is 0 Å². The second kappa shape index (κ2) is 7.71. The van der Waals surface area contributed by atoms with Crippen LogP contribution in [0.25, 0.3) is 0 Å². The Bertz CT molecular complexity index is 349. The van der Waals surface area contributed by atoms with Crippen LogP contribution in [0.4, 0.5) is 4.39 Å². The smallest absolute Gasteiger partial charge is 0.423 e. The third kappa shape index (κ3) is 5.08. The molecular formula is C11H16BFO3S. The highest BCUT2D eigenvalue weighted by Crippen LogP contribution is 2.12. The van der Waals surface area contributed by atoms with Gasteiger partial charge in [0.2, 0.25) is 0 Å². The molecule has 0 spiro atoms. The first-order valence-electron chi connectivity index (χ1n) is 5.36. The molecule has 0 aliphatic heterocycles. The highest BCUT2D eigenvalue weighted by atomic mass is 32.2. The van der Waals surface area contributed by atoms with Gasteiger partial charge in [0.15, 0.2) is 0 Å². The van der Waals surface area contributed by atoms with Crippen LogP contribution in [0.5, 0.6) is 0 Å². The number of hydrogen-bond donors (Lipinski definition) is 2. The zero-order valence-electron chi connectivity index (χ0n) is 9.73. The molecule has 2 N–H and O–H groups in total. The number of thioether (sulfide) groups is 1. The highest BCUT2D eigenvalue weighted by Gasteiger charge is 2.16. The van der Waals surface area contributed by atoms with Crippen LogP contribution in [0, 0.1) is 5.82 Å². The molecule has 3 nitrogen and oxygen atoms in total.